The van der Waals surface area contributed by atoms with Gasteiger partial charge in [-0.25, -0.2) is 4.98 Å². The maximum atomic E-state index is 11.1. The lowest BCUT2D eigenvalue weighted by Gasteiger charge is -2.27. The molecule has 6 heteroatoms. The molecule has 1 saturated carbocycles. The molecule has 1 atom stereocenters. The van der Waals surface area contributed by atoms with E-state index in [4.69, 9.17) is 9.84 Å². The van der Waals surface area contributed by atoms with Crippen LogP contribution in [0.25, 0.3) is 11.0 Å². The fourth-order valence-electron chi connectivity index (χ4n) is 3.61. The minimum atomic E-state index is -0.702. The number of carboxylic acids is 1. The highest BCUT2D eigenvalue weighted by molar-refractivity contribution is 5.78. The van der Waals surface area contributed by atoms with E-state index in [2.05, 4.69) is 9.97 Å². The molecule has 1 unspecified atom stereocenters. The number of aromatic nitrogens is 2. The van der Waals surface area contributed by atoms with Crippen molar-refractivity contribution in [2.45, 2.75) is 45.1 Å². The van der Waals surface area contributed by atoms with Gasteiger partial charge in [0, 0.05) is 17.8 Å². The molecule has 25 heavy (non-hydrogen) atoms. The first-order valence-electron chi connectivity index (χ1n) is 8.87. The lowest BCUT2D eigenvalue weighted by molar-refractivity contribution is -0.143. The van der Waals surface area contributed by atoms with Gasteiger partial charge in [-0.05, 0) is 57.1 Å². The summed E-state index contributed by atoms with van der Waals surface area (Å²) in [7, 11) is 0. The maximum absolute atomic E-state index is 11.1. The lowest BCUT2D eigenvalue weighted by Crippen LogP contribution is -2.22. The van der Waals surface area contributed by atoms with Crippen molar-refractivity contribution in [1.82, 2.24) is 9.97 Å². The van der Waals surface area contributed by atoms with Gasteiger partial charge in [-0.15, -0.1) is 0 Å². The topological polar surface area (TPSA) is 92.5 Å². The number of aliphatic hydroxyl groups is 1. The maximum Gasteiger partial charge on any atom is 0.306 e. The first-order chi connectivity index (χ1) is 12.1. The largest absolute Gasteiger partial charge is 0.481 e. The number of nitrogens with zero attached hydrogens (tertiary/aromatic N) is 2. The number of aliphatic hydroxyl groups excluding tert-OH is 1. The van der Waals surface area contributed by atoms with Gasteiger partial charge in [-0.2, -0.15) is 0 Å². The molecule has 6 nitrogen and oxygen atoms in total. The SMILES string of the molecule is CCOc1ccc2nccc(C(O)CC3CCC(C(=O)O)CC3)c2n1. The van der Waals surface area contributed by atoms with Crippen LogP contribution in [-0.2, 0) is 4.79 Å². The van der Waals surface area contributed by atoms with Crippen molar-refractivity contribution >= 4 is 17.0 Å². The highest BCUT2D eigenvalue weighted by atomic mass is 16.5. The van der Waals surface area contributed by atoms with Gasteiger partial charge < -0.3 is 14.9 Å². The summed E-state index contributed by atoms with van der Waals surface area (Å²) in [5, 5.41) is 19.8. The molecule has 0 aliphatic heterocycles. The summed E-state index contributed by atoms with van der Waals surface area (Å²) in [5.41, 5.74) is 2.15. The summed E-state index contributed by atoms with van der Waals surface area (Å²) in [6.45, 7) is 2.43. The molecule has 0 aromatic carbocycles. The molecule has 2 aromatic heterocycles. The molecule has 2 heterocycles. The van der Waals surface area contributed by atoms with Crippen LogP contribution in [0.15, 0.2) is 24.4 Å². The van der Waals surface area contributed by atoms with Crippen molar-refractivity contribution in [3.63, 3.8) is 0 Å². The molecule has 0 spiro atoms. The van der Waals surface area contributed by atoms with Crippen molar-refractivity contribution in [1.29, 1.82) is 0 Å². The second-order valence-corrected chi connectivity index (χ2v) is 6.66. The van der Waals surface area contributed by atoms with E-state index in [1.165, 1.54) is 0 Å². The molecular formula is C19H24N2O4. The number of carbonyl (C=O) groups is 1. The molecule has 0 radical (unpaired) electrons. The number of carboxylic acid groups (broad SMARTS) is 1. The molecule has 3 rings (SSSR count). The molecule has 1 fully saturated rings. The normalized spacial score (nSPS) is 21.8. The number of hydrogen-bond acceptors (Lipinski definition) is 5. The van der Waals surface area contributed by atoms with Crippen LogP contribution < -0.4 is 4.74 Å². The second kappa shape index (κ2) is 7.78. The van der Waals surface area contributed by atoms with Crippen LogP contribution in [0, 0.1) is 11.8 Å². The van der Waals surface area contributed by atoms with Crippen LogP contribution in [0.3, 0.4) is 0 Å². The number of hydrogen-bond donors (Lipinski definition) is 2. The van der Waals surface area contributed by atoms with Gasteiger partial charge in [0.2, 0.25) is 5.88 Å². The Morgan fingerprint density at radius 2 is 2.04 bits per heavy atom. The zero-order chi connectivity index (χ0) is 17.8. The van der Waals surface area contributed by atoms with Crippen molar-refractivity contribution < 1.29 is 19.7 Å². The summed E-state index contributed by atoms with van der Waals surface area (Å²) >= 11 is 0. The molecule has 1 aliphatic carbocycles. The second-order valence-electron chi connectivity index (χ2n) is 6.66. The van der Waals surface area contributed by atoms with E-state index < -0.39 is 12.1 Å². The summed E-state index contributed by atoms with van der Waals surface area (Å²) < 4.78 is 5.46. The van der Waals surface area contributed by atoms with Crippen LogP contribution in [0.5, 0.6) is 5.88 Å². The van der Waals surface area contributed by atoms with Crippen LogP contribution >= 0.6 is 0 Å². The average Bonchev–Trinajstić information content (AvgIpc) is 2.62. The Morgan fingerprint density at radius 3 is 2.72 bits per heavy atom. The zero-order valence-corrected chi connectivity index (χ0v) is 14.4. The van der Waals surface area contributed by atoms with Crippen molar-refractivity contribution in [2.24, 2.45) is 11.8 Å². The van der Waals surface area contributed by atoms with Gasteiger partial charge in [0.1, 0.15) is 0 Å². The number of pyridine rings is 2. The van der Waals surface area contributed by atoms with E-state index in [9.17, 15) is 9.90 Å². The Kier molecular flexibility index (Phi) is 5.48. The van der Waals surface area contributed by atoms with Crippen LogP contribution in [0.1, 0.15) is 50.7 Å². The number of aliphatic carboxylic acids is 1. The molecular weight excluding hydrogens is 320 g/mol. The molecule has 2 N–H and O–H groups in total. The Balaban J connectivity index is 1.74. The van der Waals surface area contributed by atoms with Gasteiger partial charge in [-0.3, -0.25) is 9.78 Å². The van der Waals surface area contributed by atoms with Crippen LogP contribution in [0.2, 0.25) is 0 Å². The zero-order valence-electron chi connectivity index (χ0n) is 14.4. The third-order valence-electron chi connectivity index (χ3n) is 4.99. The predicted octanol–water partition coefficient (Wildman–Crippen LogP) is 3.34. The summed E-state index contributed by atoms with van der Waals surface area (Å²) in [5.74, 6) is -0.0698. The molecule has 1 aliphatic rings. The number of ether oxygens (including phenoxy) is 1. The Hall–Kier alpha value is -2.21. The number of fused-ring (bicyclic) bond motifs is 1. The quantitative estimate of drug-likeness (QED) is 0.835. The summed E-state index contributed by atoms with van der Waals surface area (Å²) in [4.78, 5) is 19.9. The molecule has 134 valence electrons. The number of rotatable bonds is 6. The van der Waals surface area contributed by atoms with Gasteiger partial charge in [0.05, 0.1) is 29.7 Å². The van der Waals surface area contributed by atoms with Gasteiger partial charge in [-0.1, -0.05) is 0 Å². The van der Waals surface area contributed by atoms with E-state index in [1.54, 1.807) is 18.3 Å². The van der Waals surface area contributed by atoms with Gasteiger partial charge >= 0.3 is 5.97 Å². The standard InChI is InChI=1S/C19H24N2O4/c1-2-25-17-8-7-15-18(21-17)14(9-10-20-15)16(22)11-12-3-5-13(6-4-12)19(23)24/h7-10,12-13,16,22H,2-6,11H2,1H3,(H,23,24). The smallest absolute Gasteiger partial charge is 0.306 e. The minimum Gasteiger partial charge on any atom is -0.481 e. The van der Waals surface area contributed by atoms with E-state index >= 15 is 0 Å². The Morgan fingerprint density at radius 1 is 1.28 bits per heavy atom. The average molecular weight is 344 g/mol. The third-order valence-corrected chi connectivity index (χ3v) is 4.99. The fraction of sp³-hybridized carbons (Fsp3) is 0.526. The van der Waals surface area contributed by atoms with Gasteiger partial charge in [0.15, 0.2) is 0 Å². The first kappa shape index (κ1) is 17.6. The van der Waals surface area contributed by atoms with E-state index in [1.807, 2.05) is 13.0 Å². The first-order valence-corrected chi connectivity index (χ1v) is 8.87. The van der Waals surface area contributed by atoms with E-state index in [0.717, 1.165) is 23.9 Å². The fourth-order valence-corrected chi connectivity index (χ4v) is 3.61. The Bertz CT molecular complexity index is 741. The van der Waals surface area contributed by atoms with Crippen molar-refractivity contribution in [2.75, 3.05) is 6.61 Å². The molecule has 2 aromatic rings. The van der Waals surface area contributed by atoms with E-state index in [0.29, 0.717) is 43.2 Å². The molecule has 0 saturated heterocycles. The highest BCUT2D eigenvalue weighted by Crippen LogP contribution is 2.36. The monoisotopic (exact) mass is 344 g/mol. The molecule has 0 bridgehead atoms. The predicted molar refractivity (Wildman–Crippen MR) is 93.4 cm³/mol. The van der Waals surface area contributed by atoms with Crippen LogP contribution in [0.4, 0.5) is 0 Å². The lowest BCUT2D eigenvalue weighted by atomic mass is 9.79. The molecule has 0 amide bonds. The van der Waals surface area contributed by atoms with E-state index in [-0.39, 0.29) is 5.92 Å². The Labute approximate surface area is 146 Å². The van der Waals surface area contributed by atoms with Crippen molar-refractivity contribution in [3.05, 3.63) is 30.0 Å². The van der Waals surface area contributed by atoms with Gasteiger partial charge in [0.25, 0.3) is 0 Å². The minimum absolute atomic E-state index is 0.231. The van der Waals surface area contributed by atoms with Crippen LogP contribution in [-0.4, -0.2) is 32.8 Å². The summed E-state index contributed by atoms with van der Waals surface area (Å²) in [6.07, 6.45) is 4.73. The third kappa shape index (κ3) is 4.07. The van der Waals surface area contributed by atoms with Crippen molar-refractivity contribution in [3.8, 4) is 5.88 Å². The highest BCUT2D eigenvalue weighted by Gasteiger charge is 2.28. The summed E-state index contributed by atoms with van der Waals surface area (Å²) in [6, 6.07) is 5.43.